The van der Waals surface area contributed by atoms with E-state index in [4.69, 9.17) is 4.98 Å². The monoisotopic (exact) mass is 439 g/mol. The fraction of sp³-hybridized carbons (Fsp3) is 0.0968. The molecule has 5 rings (SSSR count). The molecule has 164 valence electrons. The third-order valence-corrected chi connectivity index (χ3v) is 6.10. The molecular weight excluding hydrogens is 414 g/mol. The number of benzene rings is 4. The van der Waals surface area contributed by atoms with Crippen LogP contribution in [0.3, 0.4) is 0 Å². The summed E-state index contributed by atoms with van der Waals surface area (Å²) in [4.78, 5) is 4.72. The van der Waals surface area contributed by atoms with Crippen LogP contribution in [0.1, 0.15) is 30.9 Å². The van der Waals surface area contributed by atoms with E-state index in [1.807, 2.05) is 48.8 Å². The lowest BCUT2D eigenvalue weighted by molar-refractivity contribution is 0.866. The normalized spacial score (nSPS) is 10.9. The van der Waals surface area contributed by atoms with Crippen LogP contribution in [-0.4, -0.2) is 9.55 Å². The number of hydrogen-bond donors (Lipinski definition) is 0. The van der Waals surface area contributed by atoms with Crippen LogP contribution in [0.15, 0.2) is 109 Å². The second-order valence-corrected chi connectivity index (χ2v) is 8.66. The van der Waals surface area contributed by atoms with Crippen molar-refractivity contribution in [1.82, 2.24) is 9.55 Å². The highest BCUT2D eigenvalue weighted by Crippen LogP contribution is 2.40. The van der Waals surface area contributed by atoms with Gasteiger partial charge in [-0.3, -0.25) is 4.57 Å². The largest absolute Gasteiger partial charge is 0.299 e. The van der Waals surface area contributed by atoms with Crippen LogP contribution < -0.4 is 0 Å². The van der Waals surface area contributed by atoms with Crippen molar-refractivity contribution in [3.8, 4) is 45.4 Å². The summed E-state index contributed by atoms with van der Waals surface area (Å²) in [6, 6.07) is 35.5. The molecular formula is C31H25N3. The van der Waals surface area contributed by atoms with Crippen LogP contribution >= 0.6 is 0 Å². The molecule has 0 saturated carbocycles. The maximum absolute atomic E-state index is 9.44. The third kappa shape index (κ3) is 4.02. The van der Waals surface area contributed by atoms with Gasteiger partial charge < -0.3 is 0 Å². The van der Waals surface area contributed by atoms with Crippen molar-refractivity contribution in [1.29, 1.82) is 5.26 Å². The highest BCUT2D eigenvalue weighted by atomic mass is 15.1. The average molecular weight is 440 g/mol. The molecule has 0 atom stereocenters. The molecule has 0 spiro atoms. The van der Waals surface area contributed by atoms with Crippen molar-refractivity contribution in [2.75, 3.05) is 0 Å². The maximum atomic E-state index is 9.44. The zero-order valence-electron chi connectivity index (χ0n) is 19.3. The molecule has 0 aliphatic rings. The molecule has 3 nitrogen and oxygen atoms in total. The maximum Gasteiger partial charge on any atom is 0.144 e. The van der Waals surface area contributed by atoms with E-state index >= 15 is 0 Å². The van der Waals surface area contributed by atoms with E-state index in [1.54, 1.807) is 0 Å². The van der Waals surface area contributed by atoms with Crippen molar-refractivity contribution in [3.05, 3.63) is 121 Å². The second-order valence-electron chi connectivity index (χ2n) is 8.66. The Hall–Kier alpha value is -4.42. The van der Waals surface area contributed by atoms with Gasteiger partial charge in [0.05, 0.1) is 17.3 Å². The first-order chi connectivity index (χ1) is 16.7. The lowest BCUT2D eigenvalue weighted by Crippen LogP contribution is -2.04. The third-order valence-electron chi connectivity index (χ3n) is 6.10. The molecule has 0 N–H and O–H groups in total. The summed E-state index contributed by atoms with van der Waals surface area (Å²) < 4.78 is 2.16. The highest BCUT2D eigenvalue weighted by molar-refractivity contribution is 5.87. The lowest BCUT2D eigenvalue weighted by Gasteiger charge is -2.21. The molecule has 4 aromatic carbocycles. The number of nitrogens with zero attached hydrogens (tertiary/aromatic N) is 3. The zero-order chi connectivity index (χ0) is 23.5. The van der Waals surface area contributed by atoms with Crippen molar-refractivity contribution in [3.63, 3.8) is 0 Å². The van der Waals surface area contributed by atoms with Crippen molar-refractivity contribution in [2.24, 2.45) is 0 Å². The quantitative estimate of drug-likeness (QED) is 0.280. The summed E-state index contributed by atoms with van der Waals surface area (Å²) >= 11 is 0. The molecule has 0 unspecified atom stereocenters. The molecule has 0 bridgehead atoms. The lowest BCUT2D eigenvalue weighted by atomic mass is 9.89. The van der Waals surface area contributed by atoms with Gasteiger partial charge in [0.25, 0.3) is 0 Å². The molecule has 34 heavy (non-hydrogen) atoms. The van der Waals surface area contributed by atoms with Gasteiger partial charge in [-0.05, 0) is 46.9 Å². The summed E-state index contributed by atoms with van der Waals surface area (Å²) in [5, 5.41) is 9.44. The van der Waals surface area contributed by atoms with E-state index in [2.05, 4.69) is 85.1 Å². The predicted molar refractivity (Wildman–Crippen MR) is 139 cm³/mol. The number of rotatable bonds is 5. The van der Waals surface area contributed by atoms with E-state index in [9.17, 15) is 5.26 Å². The average Bonchev–Trinajstić information content (AvgIpc) is 3.38. The van der Waals surface area contributed by atoms with E-state index in [0.29, 0.717) is 11.5 Å². The van der Waals surface area contributed by atoms with E-state index in [1.165, 1.54) is 5.56 Å². The van der Waals surface area contributed by atoms with Crippen LogP contribution in [0.5, 0.6) is 0 Å². The Labute approximate surface area is 200 Å². The summed E-state index contributed by atoms with van der Waals surface area (Å²) in [6.45, 7) is 4.46. The minimum Gasteiger partial charge on any atom is -0.299 e. The molecule has 0 aliphatic carbocycles. The van der Waals surface area contributed by atoms with Gasteiger partial charge in [-0.2, -0.15) is 5.26 Å². The molecule has 1 heterocycles. The van der Waals surface area contributed by atoms with Crippen LogP contribution in [-0.2, 0) is 0 Å². The van der Waals surface area contributed by atoms with E-state index < -0.39 is 0 Å². The Morgan fingerprint density at radius 2 is 1.32 bits per heavy atom. The summed E-state index contributed by atoms with van der Waals surface area (Å²) in [7, 11) is 0. The molecule has 0 radical (unpaired) electrons. The van der Waals surface area contributed by atoms with Crippen LogP contribution in [0.2, 0.25) is 0 Å². The second kappa shape index (κ2) is 9.21. The number of aromatic nitrogens is 2. The fourth-order valence-electron chi connectivity index (χ4n) is 4.35. The minimum absolute atomic E-state index is 0.383. The molecule has 5 aromatic rings. The Morgan fingerprint density at radius 3 is 1.88 bits per heavy atom. The molecule has 0 fully saturated rings. The van der Waals surface area contributed by atoms with E-state index in [0.717, 1.165) is 39.3 Å². The van der Waals surface area contributed by atoms with Gasteiger partial charge in [0.2, 0.25) is 0 Å². The smallest absolute Gasteiger partial charge is 0.144 e. The standard InChI is InChI=1S/C31H25N3/c1-22(2)27-19-28(24-11-5-3-6-12-24)30(29(20-27)25-13-7-4-8-14-25)34-17-16-33-31(34)26-15-9-10-23(18-26)21-32/h3-20,22H,1-2H3. The molecule has 0 aliphatic heterocycles. The van der Waals surface area contributed by atoms with Gasteiger partial charge in [-0.15, -0.1) is 0 Å². The predicted octanol–water partition coefficient (Wildman–Crippen LogP) is 7.87. The summed E-state index contributed by atoms with van der Waals surface area (Å²) in [6.07, 6.45) is 3.84. The Balaban J connectivity index is 1.86. The highest BCUT2D eigenvalue weighted by Gasteiger charge is 2.20. The van der Waals surface area contributed by atoms with Crippen molar-refractivity contribution >= 4 is 0 Å². The number of imidazole rings is 1. The van der Waals surface area contributed by atoms with Gasteiger partial charge in [-0.25, -0.2) is 4.98 Å². The van der Waals surface area contributed by atoms with Crippen molar-refractivity contribution in [2.45, 2.75) is 19.8 Å². The van der Waals surface area contributed by atoms with Gasteiger partial charge >= 0.3 is 0 Å². The molecule has 0 saturated heterocycles. The Morgan fingerprint density at radius 1 is 0.735 bits per heavy atom. The first kappa shape index (κ1) is 21.4. The van der Waals surface area contributed by atoms with Gasteiger partial charge in [-0.1, -0.05) is 86.6 Å². The molecule has 0 amide bonds. The SMILES string of the molecule is CC(C)c1cc(-c2ccccc2)c(-n2ccnc2-c2cccc(C#N)c2)c(-c2ccccc2)c1. The zero-order valence-corrected chi connectivity index (χ0v) is 19.3. The molecule has 1 aromatic heterocycles. The molecule has 3 heteroatoms. The number of nitriles is 1. The Kier molecular flexibility index (Phi) is 5.81. The fourth-order valence-corrected chi connectivity index (χ4v) is 4.35. The minimum atomic E-state index is 0.383. The number of hydrogen-bond acceptors (Lipinski definition) is 2. The van der Waals surface area contributed by atoms with E-state index in [-0.39, 0.29) is 0 Å². The summed E-state index contributed by atoms with van der Waals surface area (Å²) in [5.74, 6) is 1.19. The first-order valence-corrected chi connectivity index (χ1v) is 11.5. The van der Waals surface area contributed by atoms with Crippen molar-refractivity contribution < 1.29 is 0 Å². The topological polar surface area (TPSA) is 41.6 Å². The van der Waals surface area contributed by atoms with Gasteiger partial charge in [0.1, 0.15) is 5.82 Å². The Bertz CT molecular complexity index is 1410. The first-order valence-electron chi connectivity index (χ1n) is 11.5. The van der Waals surface area contributed by atoms with Crippen LogP contribution in [0.4, 0.5) is 0 Å². The van der Waals surface area contributed by atoms with Gasteiger partial charge in [0, 0.05) is 29.1 Å². The van der Waals surface area contributed by atoms with Crippen LogP contribution in [0.25, 0.3) is 39.3 Å². The van der Waals surface area contributed by atoms with Crippen LogP contribution in [0, 0.1) is 11.3 Å². The van der Waals surface area contributed by atoms with Gasteiger partial charge in [0.15, 0.2) is 0 Å². The summed E-state index contributed by atoms with van der Waals surface area (Å²) in [5.41, 5.74) is 8.52.